The summed E-state index contributed by atoms with van der Waals surface area (Å²) in [6.07, 6.45) is 2.89. The average molecular weight is 339 g/mol. The fourth-order valence-electron chi connectivity index (χ4n) is 1.49. The molecule has 1 aromatic carbocycles. The lowest BCUT2D eigenvalue weighted by Gasteiger charge is -2.04. The molecule has 1 aromatic rings. The van der Waals surface area contributed by atoms with E-state index in [4.69, 9.17) is 9.84 Å². The fraction of sp³-hybridized carbons (Fsp3) is 0.200. The van der Waals surface area contributed by atoms with Crippen LogP contribution >= 0.6 is 15.9 Å². The van der Waals surface area contributed by atoms with Gasteiger partial charge in [0.05, 0.1) is 13.0 Å². The molecular weight excluding hydrogens is 324 g/mol. The predicted octanol–water partition coefficient (Wildman–Crippen LogP) is 3.39. The maximum absolute atomic E-state index is 11.7. The second-order valence-electron chi connectivity index (χ2n) is 3.90. The van der Waals surface area contributed by atoms with Gasteiger partial charge in [-0.05, 0) is 24.6 Å². The van der Waals surface area contributed by atoms with Crippen LogP contribution in [0.25, 0.3) is 6.08 Å². The van der Waals surface area contributed by atoms with Crippen molar-refractivity contribution in [1.82, 2.24) is 0 Å². The average Bonchev–Trinajstić information content (AvgIpc) is 2.38. The van der Waals surface area contributed by atoms with Gasteiger partial charge in [0.1, 0.15) is 0 Å². The minimum Gasteiger partial charge on any atom is -0.481 e. The molecule has 1 N–H and O–H groups in total. The minimum atomic E-state index is -1.08. The van der Waals surface area contributed by atoms with Crippen LogP contribution in [0.3, 0.4) is 0 Å². The first kappa shape index (κ1) is 16.2. The topological polar surface area (TPSA) is 63.6 Å². The number of esters is 1. The quantitative estimate of drug-likeness (QED) is 0.490. The number of carboxylic acids is 1. The third kappa shape index (κ3) is 5.84. The van der Waals surface area contributed by atoms with E-state index in [1.807, 2.05) is 30.3 Å². The summed E-state index contributed by atoms with van der Waals surface area (Å²) in [6, 6.07) is 9.47. The Balaban J connectivity index is 2.96. The van der Waals surface area contributed by atoms with Gasteiger partial charge in [0.15, 0.2) is 0 Å². The molecular formula is C15H15BrO4. The highest BCUT2D eigenvalue weighted by molar-refractivity contribution is 9.12. The Labute approximate surface area is 125 Å². The Bertz CT molecular complexity index is 532. The number of allylic oxidation sites excluding steroid dienone is 2. The summed E-state index contributed by atoms with van der Waals surface area (Å²) in [5.41, 5.74) is 1.03. The van der Waals surface area contributed by atoms with E-state index in [2.05, 4.69) is 15.9 Å². The van der Waals surface area contributed by atoms with Crippen LogP contribution in [-0.4, -0.2) is 23.7 Å². The van der Waals surface area contributed by atoms with Crippen molar-refractivity contribution in [3.63, 3.8) is 0 Å². The molecule has 0 aromatic heterocycles. The lowest BCUT2D eigenvalue weighted by Crippen LogP contribution is -2.11. The molecule has 0 amide bonds. The molecule has 0 aliphatic heterocycles. The van der Waals surface area contributed by atoms with E-state index in [0.717, 1.165) is 5.56 Å². The summed E-state index contributed by atoms with van der Waals surface area (Å²) in [4.78, 5) is 22.4. The van der Waals surface area contributed by atoms with Crippen LogP contribution in [0.1, 0.15) is 18.9 Å². The smallest absolute Gasteiger partial charge is 0.334 e. The Morgan fingerprint density at radius 2 is 1.95 bits per heavy atom. The molecule has 106 valence electrons. The number of benzene rings is 1. The van der Waals surface area contributed by atoms with Crippen molar-refractivity contribution in [2.45, 2.75) is 13.3 Å². The first-order chi connectivity index (χ1) is 9.52. The Morgan fingerprint density at radius 1 is 1.30 bits per heavy atom. The summed E-state index contributed by atoms with van der Waals surface area (Å²) >= 11 is 3.31. The first-order valence-corrected chi connectivity index (χ1v) is 6.84. The van der Waals surface area contributed by atoms with Crippen LogP contribution in [0, 0.1) is 0 Å². The number of halogens is 1. The number of carbonyl (C=O) groups is 2. The van der Waals surface area contributed by atoms with Gasteiger partial charge >= 0.3 is 11.9 Å². The molecule has 0 aliphatic carbocycles. The van der Waals surface area contributed by atoms with Crippen molar-refractivity contribution >= 4 is 33.9 Å². The summed E-state index contributed by atoms with van der Waals surface area (Å²) in [6.45, 7) is 1.88. The number of rotatable bonds is 6. The lowest BCUT2D eigenvalue weighted by atomic mass is 10.1. The second-order valence-corrected chi connectivity index (χ2v) is 4.82. The summed E-state index contributed by atoms with van der Waals surface area (Å²) in [5.74, 6) is -1.70. The van der Waals surface area contributed by atoms with E-state index in [0.29, 0.717) is 4.48 Å². The monoisotopic (exact) mass is 338 g/mol. The van der Waals surface area contributed by atoms with E-state index in [9.17, 15) is 9.59 Å². The second kappa shape index (κ2) is 8.32. The molecule has 0 heterocycles. The lowest BCUT2D eigenvalue weighted by molar-refractivity contribution is -0.142. The molecule has 20 heavy (non-hydrogen) atoms. The zero-order valence-electron chi connectivity index (χ0n) is 11.0. The number of carbonyl (C=O) groups excluding carboxylic acids is 1. The molecule has 0 bridgehead atoms. The van der Waals surface area contributed by atoms with Gasteiger partial charge in [0.2, 0.25) is 0 Å². The third-order valence-corrected chi connectivity index (χ3v) is 2.75. The Kier molecular flexibility index (Phi) is 6.73. The summed E-state index contributed by atoms with van der Waals surface area (Å²) < 4.78 is 5.44. The standard InChI is InChI=1S/C15H15BrO4/c1-2-20-15(19)12(10-14(17)18)9-13(16)8-11-6-4-3-5-7-11/h3-9H,2,10H2,1H3,(H,17,18)/b12-9+,13-8-. The van der Waals surface area contributed by atoms with Crippen LogP contribution in [0.5, 0.6) is 0 Å². The van der Waals surface area contributed by atoms with Gasteiger partial charge < -0.3 is 9.84 Å². The van der Waals surface area contributed by atoms with Gasteiger partial charge in [-0.15, -0.1) is 0 Å². The van der Waals surface area contributed by atoms with Crippen molar-refractivity contribution < 1.29 is 19.4 Å². The number of hydrogen-bond acceptors (Lipinski definition) is 3. The number of ether oxygens (including phenoxy) is 1. The van der Waals surface area contributed by atoms with Crippen LogP contribution < -0.4 is 0 Å². The minimum absolute atomic E-state index is 0.0957. The highest BCUT2D eigenvalue weighted by atomic mass is 79.9. The van der Waals surface area contributed by atoms with Crippen molar-refractivity contribution in [1.29, 1.82) is 0 Å². The van der Waals surface area contributed by atoms with Gasteiger partial charge in [-0.1, -0.05) is 46.3 Å². The molecule has 5 heteroatoms. The molecule has 4 nitrogen and oxygen atoms in total. The maximum atomic E-state index is 11.7. The largest absolute Gasteiger partial charge is 0.481 e. The number of carboxylic acid groups (broad SMARTS) is 1. The molecule has 0 saturated heterocycles. The zero-order valence-corrected chi connectivity index (χ0v) is 12.6. The third-order valence-electron chi connectivity index (χ3n) is 2.30. The number of hydrogen-bond donors (Lipinski definition) is 1. The molecule has 0 atom stereocenters. The summed E-state index contributed by atoms with van der Waals surface area (Å²) in [7, 11) is 0. The van der Waals surface area contributed by atoms with Gasteiger partial charge in [-0.25, -0.2) is 4.79 Å². The molecule has 0 unspecified atom stereocenters. The first-order valence-electron chi connectivity index (χ1n) is 6.04. The number of aliphatic carboxylic acids is 1. The predicted molar refractivity (Wildman–Crippen MR) is 80.3 cm³/mol. The maximum Gasteiger partial charge on any atom is 0.334 e. The van der Waals surface area contributed by atoms with E-state index < -0.39 is 11.9 Å². The molecule has 0 radical (unpaired) electrons. The van der Waals surface area contributed by atoms with Crippen LogP contribution in [0.2, 0.25) is 0 Å². The van der Waals surface area contributed by atoms with Crippen molar-refractivity contribution in [2.24, 2.45) is 0 Å². The highest BCUT2D eigenvalue weighted by Gasteiger charge is 2.14. The highest BCUT2D eigenvalue weighted by Crippen LogP contribution is 2.17. The zero-order chi connectivity index (χ0) is 15.0. The Hall–Kier alpha value is -1.88. The SMILES string of the molecule is CCOC(=O)/C(=C/C(Br)=C/c1ccccc1)CC(=O)O. The van der Waals surface area contributed by atoms with Crippen molar-refractivity contribution in [2.75, 3.05) is 6.61 Å². The van der Waals surface area contributed by atoms with E-state index >= 15 is 0 Å². The van der Waals surface area contributed by atoms with Crippen molar-refractivity contribution in [3.8, 4) is 0 Å². The van der Waals surface area contributed by atoms with Crippen molar-refractivity contribution in [3.05, 3.63) is 52.0 Å². The van der Waals surface area contributed by atoms with Crippen LogP contribution in [0.4, 0.5) is 0 Å². The normalized spacial score (nSPS) is 12.1. The van der Waals surface area contributed by atoms with Crippen LogP contribution in [0.15, 0.2) is 46.5 Å². The molecule has 0 aliphatic rings. The van der Waals surface area contributed by atoms with Gasteiger partial charge in [-0.2, -0.15) is 0 Å². The van der Waals surface area contributed by atoms with Crippen LogP contribution in [-0.2, 0) is 14.3 Å². The van der Waals surface area contributed by atoms with Gasteiger partial charge in [0.25, 0.3) is 0 Å². The molecule has 0 spiro atoms. The van der Waals surface area contributed by atoms with E-state index in [1.54, 1.807) is 13.0 Å². The summed E-state index contributed by atoms with van der Waals surface area (Å²) in [5, 5.41) is 8.82. The molecule has 0 saturated carbocycles. The van der Waals surface area contributed by atoms with Gasteiger partial charge in [-0.3, -0.25) is 4.79 Å². The van der Waals surface area contributed by atoms with E-state index in [-0.39, 0.29) is 18.6 Å². The molecule has 1 rings (SSSR count). The fourth-order valence-corrected chi connectivity index (χ4v) is 2.03. The molecule has 0 fully saturated rings. The van der Waals surface area contributed by atoms with Gasteiger partial charge in [0, 0.05) is 10.1 Å². The Morgan fingerprint density at radius 3 is 2.50 bits per heavy atom. The van der Waals surface area contributed by atoms with E-state index in [1.165, 1.54) is 6.08 Å².